The van der Waals surface area contributed by atoms with Crippen LogP contribution in [-0.2, 0) is 12.0 Å². The minimum Gasteiger partial charge on any atom is -0.622 e. The van der Waals surface area contributed by atoms with Gasteiger partial charge in [-0.15, -0.1) is 0 Å². The minimum absolute atomic E-state index is 0.335. The maximum atomic E-state index is 12.1. The van der Waals surface area contributed by atoms with Crippen molar-refractivity contribution in [1.82, 2.24) is 10.3 Å². The zero-order valence-electron chi connectivity index (χ0n) is 9.67. The van der Waals surface area contributed by atoms with Gasteiger partial charge >= 0.3 is 0 Å². The Kier molecular flexibility index (Phi) is 1.79. The summed E-state index contributed by atoms with van der Waals surface area (Å²) >= 11 is 0. The molecule has 1 aliphatic carbocycles. The van der Waals surface area contributed by atoms with Crippen LogP contribution in [-0.4, -0.2) is 31.5 Å². The summed E-state index contributed by atoms with van der Waals surface area (Å²) in [7, 11) is 0. The highest BCUT2D eigenvalue weighted by Crippen LogP contribution is 2.46. The molecule has 3 atom stereocenters. The van der Waals surface area contributed by atoms with Gasteiger partial charge in [0.2, 0.25) is 17.0 Å². The number of nitrogens with two attached hydrogens (primary N) is 1. The van der Waals surface area contributed by atoms with Gasteiger partial charge in [-0.2, -0.15) is 4.74 Å². The molecule has 0 bridgehead atoms. The molecular weight excluding hydrogens is 224 g/mol. The smallest absolute Gasteiger partial charge is 0.227 e. The molecule has 92 valence electrons. The van der Waals surface area contributed by atoms with E-state index in [0.717, 1.165) is 4.74 Å². The number of nitrogens with zero attached hydrogens (tertiary/aromatic N) is 3. The summed E-state index contributed by atoms with van der Waals surface area (Å²) in [5.74, 6) is -0.478. The Morgan fingerprint density at radius 2 is 2.24 bits per heavy atom. The molecule has 1 aromatic heterocycles. The van der Waals surface area contributed by atoms with Crippen LogP contribution in [0.25, 0.3) is 0 Å². The summed E-state index contributed by atoms with van der Waals surface area (Å²) in [5, 5.41) is 30.4. The van der Waals surface area contributed by atoms with Gasteiger partial charge in [0.15, 0.2) is 5.69 Å². The van der Waals surface area contributed by atoms with Crippen molar-refractivity contribution >= 4 is 5.71 Å². The lowest BCUT2D eigenvalue weighted by molar-refractivity contribution is -0.543. The number of fused-ring (bicyclic) bond motifs is 3. The summed E-state index contributed by atoms with van der Waals surface area (Å²) in [5.41, 5.74) is 4.70. The second kappa shape index (κ2) is 2.85. The van der Waals surface area contributed by atoms with Gasteiger partial charge in [0, 0.05) is 19.8 Å². The maximum absolute atomic E-state index is 12.1. The number of hydroxylamine groups is 1. The van der Waals surface area contributed by atoms with Crippen LogP contribution in [0, 0.1) is 11.1 Å². The Hall–Kier alpha value is -1.47. The lowest BCUT2D eigenvalue weighted by Crippen LogP contribution is -2.51. The molecule has 1 aromatic rings. The zero-order chi connectivity index (χ0) is 12.4. The molecule has 1 aliphatic heterocycles. The van der Waals surface area contributed by atoms with E-state index < -0.39 is 17.2 Å². The van der Waals surface area contributed by atoms with Crippen molar-refractivity contribution in [1.29, 1.82) is 0 Å². The van der Waals surface area contributed by atoms with E-state index in [2.05, 4.69) is 14.9 Å². The van der Waals surface area contributed by atoms with Gasteiger partial charge in [0.05, 0.1) is 5.92 Å². The molecule has 7 nitrogen and oxygen atoms in total. The number of aliphatic hydroxyl groups is 1. The van der Waals surface area contributed by atoms with Crippen molar-refractivity contribution in [3.8, 4) is 0 Å². The Labute approximate surface area is 97.5 Å². The molecule has 0 aromatic carbocycles. The lowest BCUT2D eigenvalue weighted by atomic mass is 9.74. The second-order valence-corrected chi connectivity index (χ2v) is 5.01. The normalized spacial score (nSPS) is 40.4. The van der Waals surface area contributed by atoms with Crippen LogP contribution in [0.15, 0.2) is 4.63 Å². The third-order valence-electron chi connectivity index (χ3n) is 4.14. The predicted octanol–water partition coefficient (Wildman–Crippen LogP) is -0.521. The van der Waals surface area contributed by atoms with Crippen LogP contribution in [0.2, 0.25) is 0 Å². The number of rotatable bonds is 0. The van der Waals surface area contributed by atoms with Crippen molar-refractivity contribution in [2.45, 2.75) is 38.0 Å². The molecule has 0 fully saturated rings. The van der Waals surface area contributed by atoms with Crippen molar-refractivity contribution in [2.24, 2.45) is 11.7 Å². The van der Waals surface area contributed by atoms with Gasteiger partial charge < -0.3 is 10.3 Å². The monoisotopic (exact) mass is 238 g/mol. The first kappa shape index (κ1) is 10.7. The summed E-state index contributed by atoms with van der Waals surface area (Å²) in [6, 6.07) is 0. The fourth-order valence-corrected chi connectivity index (χ4v) is 2.83. The summed E-state index contributed by atoms with van der Waals surface area (Å²) in [6.45, 7) is 3.35. The Morgan fingerprint density at radius 3 is 2.94 bits per heavy atom. The van der Waals surface area contributed by atoms with E-state index in [4.69, 9.17) is 5.73 Å². The number of aryl methyl sites for hydroxylation is 1. The molecule has 0 saturated carbocycles. The van der Waals surface area contributed by atoms with Gasteiger partial charge in [-0.1, -0.05) is 17.2 Å². The first-order chi connectivity index (χ1) is 7.90. The fraction of sp³-hybridized carbons (Fsp3) is 0.700. The molecule has 2 aliphatic rings. The van der Waals surface area contributed by atoms with Crippen LogP contribution in [0.3, 0.4) is 0 Å². The van der Waals surface area contributed by atoms with Crippen LogP contribution in [0.1, 0.15) is 31.7 Å². The van der Waals surface area contributed by atoms with E-state index >= 15 is 0 Å². The van der Waals surface area contributed by atoms with Gasteiger partial charge in [-0.3, -0.25) is 5.73 Å². The Morgan fingerprint density at radius 1 is 1.53 bits per heavy atom. The highest BCUT2D eigenvalue weighted by atomic mass is 16.6. The van der Waals surface area contributed by atoms with Gasteiger partial charge in [0.1, 0.15) is 5.69 Å². The largest absolute Gasteiger partial charge is 0.622 e. The Bertz CT molecular complexity index is 521. The fourth-order valence-electron chi connectivity index (χ4n) is 2.83. The molecule has 0 unspecified atom stereocenters. The van der Waals surface area contributed by atoms with Crippen LogP contribution in [0.4, 0.5) is 0 Å². The first-order valence-electron chi connectivity index (χ1n) is 5.57. The zero-order valence-corrected chi connectivity index (χ0v) is 9.67. The average Bonchev–Trinajstić information content (AvgIpc) is 2.80. The van der Waals surface area contributed by atoms with Crippen LogP contribution in [0.5, 0.6) is 0 Å². The molecule has 3 N–H and O–H groups in total. The van der Waals surface area contributed by atoms with Crippen LogP contribution >= 0.6 is 0 Å². The predicted molar refractivity (Wildman–Crippen MR) is 56.9 cm³/mol. The summed E-state index contributed by atoms with van der Waals surface area (Å²) in [4.78, 5) is 0. The second-order valence-electron chi connectivity index (χ2n) is 5.01. The van der Waals surface area contributed by atoms with E-state index in [1.54, 1.807) is 13.8 Å². The molecule has 0 amide bonds. The number of aromatic nitrogens is 2. The lowest BCUT2D eigenvalue weighted by Gasteiger charge is -2.29. The highest BCUT2D eigenvalue weighted by Gasteiger charge is 2.65. The van der Waals surface area contributed by atoms with Gasteiger partial charge in [0.25, 0.3) is 0 Å². The molecule has 7 heteroatoms. The number of hydrogen-bond acceptors (Lipinski definition) is 6. The van der Waals surface area contributed by atoms with E-state index in [1.165, 1.54) is 0 Å². The van der Waals surface area contributed by atoms with E-state index in [1.807, 2.05) is 0 Å². The molecular formula is C10H14N4O3. The molecule has 17 heavy (non-hydrogen) atoms. The van der Waals surface area contributed by atoms with Crippen molar-refractivity contribution in [3.05, 3.63) is 16.6 Å². The molecule has 0 saturated heterocycles. The maximum Gasteiger partial charge on any atom is 0.227 e. The molecule has 0 radical (unpaired) electrons. The van der Waals surface area contributed by atoms with Crippen molar-refractivity contribution in [2.75, 3.05) is 0 Å². The minimum atomic E-state index is -1.45. The highest BCUT2D eigenvalue weighted by molar-refractivity contribution is 5.92. The summed E-state index contributed by atoms with van der Waals surface area (Å²) < 4.78 is 5.38. The molecule has 3 rings (SSSR count). The van der Waals surface area contributed by atoms with Crippen molar-refractivity contribution in [3.63, 3.8) is 0 Å². The average molecular weight is 238 g/mol. The SMILES string of the molecule is C[C@H]1[C@](C)(N)[N+]([O-])=C2CCc3nonc3[C@@]21O. The third kappa shape index (κ3) is 1.01. The van der Waals surface area contributed by atoms with E-state index in [-0.39, 0.29) is 0 Å². The molecule has 0 spiro atoms. The van der Waals surface area contributed by atoms with Crippen LogP contribution < -0.4 is 5.73 Å². The Balaban J connectivity index is 2.27. The van der Waals surface area contributed by atoms with E-state index in [9.17, 15) is 10.3 Å². The first-order valence-corrected chi connectivity index (χ1v) is 5.57. The topological polar surface area (TPSA) is 111 Å². The van der Waals surface area contributed by atoms with Crippen molar-refractivity contribution < 1.29 is 14.5 Å². The van der Waals surface area contributed by atoms with Gasteiger partial charge in [-0.25, -0.2) is 4.63 Å². The number of hydrogen-bond donors (Lipinski definition) is 2. The summed E-state index contributed by atoms with van der Waals surface area (Å²) in [6.07, 6.45) is 0.969. The van der Waals surface area contributed by atoms with E-state index in [0.29, 0.717) is 29.9 Å². The molecule has 2 heterocycles. The van der Waals surface area contributed by atoms with Gasteiger partial charge in [-0.05, 0) is 0 Å². The standard InChI is InChI=1S/C10H14N4O3/c1-5-9(2,11)14(16)7-4-3-6-8(10(5,7)15)13-17-12-6/h5,15H,3-4,11H2,1-2H3/t5-,9+,10-/m0/s1. The third-order valence-corrected chi connectivity index (χ3v) is 4.14. The quantitative estimate of drug-likeness (QED) is 0.464.